The summed E-state index contributed by atoms with van der Waals surface area (Å²) in [5, 5.41) is 0. The van der Waals surface area contributed by atoms with Gasteiger partial charge in [0.25, 0.3) is 0 Å². The van der Waals surface area contributed by atoms with Crippen molar-refractivity contribution in [3.05, 3.63) is 35.7 Å². The second-order valence-electron chi connectivity index (χ2n) is 4.84. The van der Waals surface area contributed by atoms with Crippen LogP contribution in [0, 0.1) is 0 Å². The Kier molecular flexibility index (Phi) is 2.43. The molecule has 0 fully saturated rings. The van der Waals surface area contributed by atoms with Gasteiger partial charge in [-0.3, -0.25) is 9.98 Å². The van der Waals surface area contributed by atoms with Gasteiger partial charge in [0.15, 0.2) is 0 Å². The summed E-state index contributed by atoms with van der Waals surface area (Å²) in [5.41, 5.74) is 3.59. The molecule has 0 bridgehead atoms. The summed E-state index contributed by atoms with van der Waals surface area (Å²) >= 11 is 0. The van der Waals surface area contributed by atoms with Crippen molar-refractivity contribution in [3.8, 4) is 0 Å². The molecule has 0 amide bonds. The van der Waals surface area contributed by atoms with Gasteiger partial charge in [0.05, 0.1) is 12.2 Å². The van der Waals surface area contributed by atoms with Crippen molar-refractivity contribution < 1.29 is 0 Å². The van der Waals surface area contributed by atoms with Gasteiger partial charge in [0.2, 0.25) is 0 Å². The monoisotopic (exact) mass is 200 g/mol. The van der Waals surface area contributed by atoms with Gasteiger partial charge in [0.1, 0.15) is 0 Å². The van der Waals surface area contributed by atoms with Gasteiger partial charge in [0, 0.05) is 18.0 Å². The maximum absolute atomic E-state index is 4.47. The van der Waals surface area contributed by atoms with Crippen molar-refractivity contribution in [3.63, 3.8) is 0 Å². The Morgan fingerprint density at radius 1 is 1.20 bits per heavy atom. The number of aliphatic imine (C=N–C) groups is 1. The first kappa shape index (κ1) is 10.1. The Hall–Kier alpha value is -1.44. The molecule has 0 saturated heterocycles. The molecule has 0 atom stereocenters. The van der Waals surface area contributed by atoms with Crippen LogP contribution < -0.4 is 0 Å². The number of pyridine rings is 1. The lowest BCUT2D eigenvalue weighted by Gasteiger charge is -2.18. The first-order valence-corrected chi connectivity index (χ1v) is 5.24. The van der Waals surface area contributed by atoms with Crippen molar-refractivity contribution >= 4 is 11.8 Å². The first-order chi connectivity index (χ1) is 7.07. The fraction of sp³-hybridized carbons (Fsp3) is 0.385. The van der Waals surface area contributed by atoms with Crippen LogP contribution >= 0.6 is 0 Å². The van der Waals surface area contributed by atoms with Crippen molar-refractivity contribution in [1.29, 1.82) is 0 Å². The quantitative estimate of drug-likeness (QED) is 0.684. The summed E-state index contributed by atoms with van der Waals surface area (Å²) in [7, 11) is 0. The highest BCUT2D eigenvalue weighted by Gasteiger charge is 2.14. The van der Waals surface area contributed by atoms with Crippen LogP contribution in [0.4, 0.5) is 0 Å². The summed E-state index contributed by atoms with van der Waals surface area (Å²) in [6, 6.07) is 4.22. The Morgan fingerprint density at radius 3 is 2.47 bits per heavy atom. The Bertz CT molecular complexity index is 405. The molecule has 2 nitrogen and oxygen atoms in total. The third-order valence-electron chi connectivity index (χ3n) is 2.57. The molecule has 1 aromatic rings. The van der Waals surface area contributed by atoms with Crippen LogP contribution in [0.25, 0.3) is 5.57 Å². The Labute approximate surface area is 90.8 Å². The lowest BCUT2D eigenvalue weighted by atomic mass is 9.88. The largest absolute Gasteiger partial charge is 0.288 e. The third kappa shape index (κ3) is 2.14. The highest BCUT2D eigenvalue weighted by molar-refractivity contribution is 6.10. The van der Waals surface area contributed by atoms with E-state index in [1.807, 2.05) is 12.4 Å². The van der Waals surface area contributed by atoms with Crippen molar-refractivity contribution in [1.82, 2.24) is 4.98 Å². The van der Waals surface area contributed by atoms with E-state index in [0.717, 1.165) is 17.8 Å². The average molecular weight is 200 g/mol. The van der Waals surface area contributed by atoms with Gasteiger partial charge in [-0.05, 0) is 17.0 Å². The normalized spacial score (nSPS) is 15.5. The molecule has 0 radical (unpaired) electrons. The zero-order valence-electron chi connectivity index (χ0n) is 9.49. The molecular weight excluding hydrogens is 184 g/mol. The molecule has 78 valence electrons. The van der Waals surface area contributed by atoms with Gasteiger partial charge >= 0.3 is 0 Å². The molecule has 0 spiro atoms. The molecule has 2 heteroatoms. The van der Waals surface area contributed by atoms with E-state index in [0.29, 0.717) is 0 Å². The van der Waals surface area contributed by atoms with Gasteiger partial charge in [-0.2, -0.15) is 0 Å². The number of hydrogen-bond acceptors (Lipinski definition) is 2. The summed E-state index contributed by atoms with van der Waals surface area (Å²) in [6.07, 6.45) is 5.94. The van der Waals surface area contributed by atoms with Crippen LogP contribution in [0.2, 0.25) is 0 Å². The molecule has 1 aromatic heterocycles. The van der Waals surface area contributed by atoms with E-state index in [4.69, 9.17) is 0 Å². The summed E-state index contributed by atoms with van der Waals surface area (Å²) in [6.45, 7) is 7.37. The third-order valence-corrected chi connectivity index (χ3v) is 2.57. The standard InChI is InChI=1S/C13H16N2/c1-13(2,3)11-4-5-12(15-9-11)10-6-7-14-8-10/h4-6,8-9H,7H2,1-3H3. The van der Waals surface area contributed by atoms with E-state index >= 15 is 0 Å². The number of hydrogen-bond donors (Lipinski definition) is 0. The predicted octanol–water partition coefficient (Wildman–Crippen LogP) is 2.85. The Morgan fingerprint density at radius 2 is 2.00 bits per heavy atom. The molecule has 0 saturated carbocycles. The molecule has 15 heavy (non-hydrogen) atoms. The molecule has 1 aliphatic rings. The minimum absolute atomic E-state index is 0.170. The van der Waals surface area contributed by atoms with E-state index in [2.05, 4.69) is 49.0 Å². The molecule has 2 rings (SSSR count). The van der Waals surface area contributed by atoms with E-state index in [1.165, 1.54) is 5.56 Å². The summed E-state index contributed by atoms with van der Waals surface area (Å²) in [5.74, 6) is 0. The fourth-order valence-electron chi connectivity index (χ4n) is 1.53. The number of aromatic nitrogens is 1. The topological polar surface area (TPSA) is 25.2 Å². The van der Waals surface area contributed by atoms with E-state index < -0.39 is 0 Å². The second kappa shape index (κ2) is 3.61. The second-order valence-corrected chi connectivity index (χ2v) is 4.84. The minimum Gasteiger partial charge on any atom is -0.288 e. The SMILES string of the molecule is CC(C)(C)c1ccc(C2=CCN=C2)nc1. The molecular formula is C13H16N2. The van der Waals surface area contributed by atoms with Gasteiger partial charge in [-0.15, -0.1) is 0 Å². The Balaban J connectivity index is 2.28. The number of allylic oxidation sites excluding steroid dienone is 1. The van der Waals surface area contributed by atoms with Crippen LogP contribution in [-0.2, 0) is 5.41 Å². The fourth-order valence-corrected chi connectivity index (χ4v) is 1.53. The van der Waals surface area contributed by atoms with Gasteiger partial charge in [-0.1, -0.05) is 32.9 Å². The lowest BCUT2D eigenvalue weighted by Crippen LogP contribution is -2.11. The molecule has 0 aromatic carbocycles. The zero-order valence-corrected chi connectivity index (χ0v) is 9.49. The van der Waals surface area contributed by atoms with E-state index in [1.54, 1.807) is 0 Å². The lowest BCUT2D eigenvalue weighted by molar-refractivity contribution is 0.587. The zero-order chi connectivity index (χ0) is 10.9. The van der Waals surface area contributed by atoms with E-state index in [-0.39, 0.29) is 5.41 Å². The highest BCUT2D eigenvalue weighted by Crippen LogP contribution is 2.22. The molecule has 0 unspecified atom stereocenters. The minimum atomic E-state index is 0.170. The van der Waals surface area contributed by atoms with Crippen LogP contribution in [-0.4, -0.2) is 17.7 Å². The molecule has 2 heterocycles. The summed E-state index contributed by atoms with van der Waals surface area (Å²) in [4.78, 5) is 8.62. The van der Waals surface area contributed by atoms with Gasteiger partial charge < -0.3 is 0 Å². The number of rotatable bonds is 1. The average Bonchev–Trinajstić information content (AvgIpc) is 2.69. The van der Waals surface area contributed by atoms with Crippen LogP contribution in [0.5, 0.6) is 0 Å². The maximum Gasteiger partial charge on any atom is 0.0714 e. The first-order valence-electron chi connectivity index (χ1n) is 5.24. The predicted molar refractivity (Wildman–Crippen MR) is 64.3 cm³/mol. The van der Waals surface area contributed by atoms with Gasteiger partial charge in [-0.25, -0.2) is 0 Å². The maximum atomic E-state index is 4.47. The molecule has 0 aliphatic carbocycles. The summed E-state index contributed by atoms with van der Waals surface area (Å²) < 4.78 is 0. The van der Waals surface area contributed by atoms with Crippen molar-refractivity contribution in [2.24, 2.45) is 4.99 Å². The van der Waals surface area contributed by atoms with E-state index in [9.17, 15) is 0 Å². The molecule has 0 N–H and O–H groups in total. The van der Waals surface area contributed by atoms with Crippen LogP contribution in [0.15, 0.2) is 29.4 Å². The van der Waals surface area contributed by atoms with Crippen LogP contribution in [0.3, 0.4) is 0 Å². The van der Waals surface area contributed by atoms with Crippen molar-refractivity contribution in [2.75, 3.05) is 6.54 Å². The molecule has 1 aliphatic heterocycles. The van der Waals surface area contributed by atoms with Crippen LogP contribution in [0.1, 0.15) is 32.0 Å². The highest BCUT2D eigenvalue weighted by atomic mass is 14.7. The smallest absolute Gasteiger partial charge is 0.0714 e. The van der Waals surface area contributed by atoms with Crippen molar-refractivity contribution in [2.45, 2.75) is 26.2 Å². The number of nitrogens with zero attached hydrogens (tertiary/aromatic N) is 2.